The van der Waals surface area contributed by atoms with E-state index in [9.17, 15) is 14.4 Å². The molecular weight excluding hydrogens is 390 g/mol. The molecule has 2 aromatic heterocycles. The summed E-state index contributed by atoms with van der Waals surface area (Å²) in [6, 6.07) is 6.75. The Kier molecular flexibility index (Phi) is 5.88. The van der Waals surface area contributed by atoms with Gasteiger partial charge in [0.25, 0.3) is 11.8 Å². The lowest BCUT2D eigenvalue weighted by atomic mass is 10.1. The van der Waals surface area contributed by atoms with Crippen LogP contribution in [0.1, 0.15) is 42.7 Å². The molecule has 4 N–H and O–H groups in total. The first-order valence-corrected chi connectivity index (χ1v) is 9.76. The van der Waals surface area contributed by atoms with E-state index in [4.69, 9.17) is 5.73 Å². The number of nitrogens with zero attached hydrogens (tertiary/aromatic N) is 2. The van der Waals surface area contributed by atoms with Gasteiger partial charge in [0.1, 0.15) is 10.7 Å². The Labute approximate surface area is 171 Å². The zero-order valence-corrected chi connectivity index (χ0v) is 17.1. The first kappa shape index (κ1) is 20.4. The van der Waals surface area contributed by atoms with Crippen LogP contribution >= 0.6 is 11.3 Å². The normalized spacial score (nSPS) is 10.7. The minimum atomic E-state index is -0.606. The molecule has 0 aliphatic rings. The van der Waals surface area contributed by atoms with Crippen molar-refractivity contribution in [1.82, 2.24) is 20.6 Å². The minimum Gasteiger partial charge on any atom is -0.368 e. The molecule has 0 radical (unpaired) electrons. The average Bonchev–Trinajstić information content (AvgIpc) is 3.01. The second kappa shape index (κ2) is 8.36. The van der Waals surface area contributed by atoms with E-state index in [0.717, 1.165) is 27.0 Å². The number of carbonyl (C=O) groups is 3. The molecule has 0 atom stereocenters. The van der Waals surface area contributed by atoms with Crippen LogP contribution in [0, 0.1) is 20.8 Å². The number of amides is 3. The number of carbonyl (C=O) groups excluding carboxylic acids is 3. The molecule has 0 unspecified atom stereocenters. The predicted octanol–water partition coefficient (Wildman–Crippen LogP) is 1.76. The molecule has 0 bridgehead atoms. The van der Waals surface area contributed by atoms with Crippen molar-refractivity contribution in [3.05, 3.63) is 57.4 Å². The van der Waals surface area contributed by atoms with Crippen LogP contribution < -0.4 is 16.4 Å². The summed E-state index contributed by atoms with van der Waals surface area (Å²) in [5, 5.41) is 6.25. The van der Waals surface area contributed by atoms with E-state index in [0.29, 0.717) is 22.8 Å². The van der Waals surface area contributed by atoms with Gasteiger partial charge in [0.15, 0.2) is 0 Å². The molecule has 2 heterocycles. The number of benzene rings is 1. The zero-order valence-electron chi connectivity index (χ0n) is 16.3. The first-order chi connectivity index (χ1) is 13.8. The van der Waals surface area contributed by atoms with Crippen LogP contribution in [0.4, 0.5) is 0 Å². The van der Waals surface area contributed by atoms with Gasteiger partial charge in [-0.3, -0.25) is 14.4 Å². The Hall–Kier alpha value is -3.33. The molecule has 150 valence electrons. The summed E-state index contributed by atoms with van der Waals surface area (Å²) in [7, 11) is 0. The molecular formula is C20H21N5O3S. The maximum atomic E-state index is 12.7. The van der Waals surface area contributed by atoms with Crippen LogP contribution in [-0.2, 0) is 11.3 Å². The highest BCUT2D eigenvalue weighted by molar-refractivity contribution is 7.20. The maximum Gasteiger partial charge on any atom is 0.261 e. The van der Waals surface area contributed by atoms with E-state index in [1.54, 1.807) is 24.3 Å². The number of hydrogen-bond acceptors (Lipinski definition) is 6. The van der Waals surface area contributed by atoms with Gasteiger partial charge >= 0.3 is 0 Å². The highest BCUT2D eigenvalue weighted by Crippen LogP contribution is 2.31. The van der Waals surface area contributed by atoms with Crippen LogP contribution in [0.5, 0.6) is 0 Å². The van der Waals surface area contributed by atoms with Crippen molar-refractivity contribution < 1.29 is 14.4 Å². The molecule has 0 aliphatic heterocycles. The lowest BCUT2D eigenvalue weighted by Gasteiger charge is -2.07. The van der Waals surface area contributed by atoms with Gasteiger partial charge in [-0.25, -0.2) is 9.97 Å². The third-order valence-corrected chi connectivity index (χ3v) is 5.57. The zero-order chi connectivity index (χ0) is 21.1. The van der Waals surface area contributed by atoms with Crippen LogP contribution in [0.25, 0.3) is 10.2 Å². The molecule has 0 saturated carbocycles. The van der Waals surface area contributed by atoms with Gasteiger partial charge < -0.3 is 16.4 Å². The molecule has 0 spiro atoms. The molecule has 29 heavy (non-hydrogen) atoms. The highest BCUT2D eigenvalue weighted by Gasteiger charge is 2.18. The second-order valence-electron chi connectivity index (χ2n) is 6.62. The standard InChI is InChI=1S/C20H21N5O3S/c1-10-16-11(2)24-12(3)25-20(16)29-17(10)19(28)22-8-13-4-6-14(7-5-13)18(27)23-9-15(21)26/h4-7H,8-9H2,1-3H3,(H2,21,26)(H,22,28)(H,23,27). The second-order valence-corrected chi connectivity index (χ2v) is 7.62. The minimum absolute atomic E-state index is 0.175. The number of aryl methyl sites for hydroxylation is 3. The Morgan fingerprint density at radius 2 is 1.69 bits per heavy atom. The number of thiophene rings is 1. The van der Waals surface area contributed by atoms with Crippen molar-refractivity contribution in [2.45, 2.75) is 27.3 Å². The number of primary amides is 1. The first-order valence-electron chi connectivity index (χ1n) is 8.94. The lowest BCUT2D eigenvalue weighted by molar-refractivity contribution is -0.117. The third kappa shape index (κ3) is 4.57. The van der Waals surface area contributed by atoms with Crippen LogP contribution in [-0.4, -0.2) is 34.2 Å². The fourth-order valence-electron chi connectivity index (χ4n) is 3.00. The Morgan fingerprint density at radius 1 is 1.00 bits per heavy atom. The van der Waals surface area contributed by atoms with Gasteiger partial charge in [-0.1, -0.05) is 12.1 Å². The Balaban J connectivity index is 1.67. The number of fused-ring (bicyclic) bond motifs is 1. The van der Waals surface area contributed by atoms with Crippen molar-refractivity contribution in [2.24, 2.45) is 5.73 Å². The van der Waals surface area contributed by atoms with Crippen molar-refractivity contribution in [2.75, 3.05) is 6.54 Å². The smallest absolute Gasteiger partial charge is 0.261 e. The van der Waals surface area contributed by atoms with Gasteiger partial charge in [0, 0.05) is 23.2 Å². The van der Waals surface area contributed by atoms with Gasteiger partial charge in [0.05, 0.1) is 11.4 Å². The molecule has 1 aromatic carbocycles. The van der Waals surface area contributed by atoms with Crippen molar-refractivity contribution in [3.8, 4) is 0 Å². The van der Waals surface area contributed by atoms with Crippen LogP contribution in [0.15, 0.2) is 24.3 Å². The highest BCUT2D eigenvalue weighted by atomic mass is 32.1. The van der Waals surface area contributed by atoms with Gasteiger partial charge in [-0.2, -0.15) is 0 Å². The molecule has 0 saturated heterocycles. The third-order valence-electron chi connectivity index (χ3n) is 4.38. The largest absolute Gasteiger partial charge is 0.368 e. The van der Waals surface area contributed by atoms with E-state index in [1.165, 1.54) is 11.3 Å². The SMILES string of the molecule is Cc1nc(C)c2c(C)c(C(=O)NCc3ccc(C(=O)NCC(N)=O)cc3)sc2n1. The molecule has 3 amide bonds. The predicted molar refractivity (Wildman–Crippen MR) is 111 cm³/mol. The number of nitrogens with one attached hydrogen (secondary N) is 2. The van der Waals surface area contributed by atoms with Crippen LogP contribution in [0.3, 0.4) is 0 Å². The topological polar surface area (TPSA) is 127 Å². The maximum absolute atomic E-state index is 12.7. The molecule has 9 heteroatoms. The van der Waals surface area contributed by atoms with E-state index < -0.39 is 5.91 Å². The summed E-state index contributed by atoms with van der Waals surface area (Å²) in [4.78, 5) is 45.5. The van der Waals surface area contributed by atoms with Gasteiger partial charge in [0.2, 0.25) is 5.91 Å². The van der Waals surface area contributed by atoms with E-state index in [1.807, 2.05) is 20.8 Å². The van der Waals surface area contributed by atoms with E-state index in [-0.39, 0.29) is 18.4 Å². The monoisotopic (exact) mass is 411 g/mol. The van der Waals surface area contributed by atoms with Gasteiger partial charge in [-0.15, -0.1) is 11.3 Å². The summed E-state index contributed by atoms with van der Waals surface area (Å²) in [6.45, 7) is 5.76. The van der Waals surface area contributed by atoms with E-state index >= 15 is 0 Å². The van der Waals surface area contributed by atoms with Crippen molar-refractivity contribution in [3.63, 3.8) is 0 Å². The Bertz CT molecular complexity index is 1110. The lowest BCUT2D eigenvalue weighted by Crippen LogP contribution is -2.33. The summed E-state index contributed by atoms with van der Waals surface area (Å²) < 4.78 is 0. The number of aromatic nitrogens is 2. The summed E-state index contributed by atoms with van der Waals surface area (Å²) in [6.07, 6.45) is 0. The van der Waals surface area contributed by atoms with E-state index in [2.05, 4.69) is 20.6 Å². The van der Waals surface area contributed by atoms with Gasteiger partial charge in [-0.05, 0) is 44.0 Å². The number of rotatable bonds is 6. The summed E-state index contributed by atoms with van der Waals surface area (Å²) in [5.41, 5.74) is 8.00. The molecule has 0 aliphatic carbocycles. The Morgan fingerprint density at radius 3 is 2.34 bits per heavy atom. The number of nitrogens with two attached hydrogens (primary N) is 1. The fraction of sp³-hybridized carbons (Fsp3) is 0.250. The molecule has 8 nitrogen and oxygen atoms in total. The molecule has 0 fully saturated rings. The van der Waals surface area contributed by atoms with Crippen molar-refractivity contribution in [1.29, 1.82) is 0 Å². The summed E-state index contributed by atoms with van der Waals surface area (Å²) >= 11 is 1.36. The average molecular weight is 411 g/mol. The fourth-order valence-corrected chi connectivity index (χ4v) is 4.19. The molecule has 3 rings (SSSR count). The summed E-state index contributed by atoms with van der Waals surface area (Å²) in [5.74, 6) is -0.480. The quantitative estimate of drug-likeness (QED) is 0.570. The number of hydrogen-bond donors (Lipinski definition) is 3. The van der Waals surface area contributed by atoms with Crippen molar-refractivity contribution >= 4 is 39.3 Å². The molecule has 3 aromatic rings. The van der Waals surface area contributed by atoms with Crippen LogP contribution in [0.2, 0.25) is 0 Å².